The zero-order valence-corrected chi connectivity index (χ0v) is 13.0. The molecule has 1 aromatic heterocycles. The van der Waals surface area contributed by atoms with Crippen molar-refractivity contribution in [2.45, 2.75) is 18.2 Å². The lowest BCUT2D eigenvalue weighted by Crippen LogP contribution is -2.29. The number of hydrogen-bond donors (Lipinski definition) is 1. The van der Waals surface area contributed by atoms with E-state index in [9.17, 15) is 8.42 Å². The summed E-state index contributed by atoms with van der Waals surface area (Å²) in [4.78, 5) is 4.49. The molecule has 0 aliphatic heterocycles. The van der Waals surface area contributed by atoms with Crippen LogP contribution < -0.4 is 5.73 Å². The molecule has 1 heterocycles. The molecule has 2 aromatic rings. The van der Waals surface area contributed by atoms with Gasteiger partial charge in [-0.05, 0) is 42.8 Å². The van der Waals surface area contributed by atoms with Gasteiger partial charge in [-0.2, -0.15) is 0 Å². The van der Waals surface area contributed by atoms with Crippen LogP contribution in [0.15, 0.2) is 47.5 Å². The zero-order chi connectivity index (χ0) is 15.5. The Morgan fingerprint density at radius 3 is 2.62 bits per heavy atom. The summed E-state index contributed by atoms with van der Waals surface area (Å²) >= 11 is 0. The van der Waals surface area contributed by atoms with Crippen LogP contribution in [-0.4, -0.2) is 31.3 Å². The average Bonchev–Trinajstić information content (AvgIpc) is 2.45. The molecule has 0 saturated carbocycles. The lowest BCUT2D eigenvalue weighted by molar-refractivity contribution is 0.470. The van der Waals surface area contributed by atoms with Crippen LogP contribution in [0.1, 0.15) is 11.3 Å². The van der Waals surface area contributed by atoms with Gasteiger partial charge in [-0.25, -0.2) is 12.7 Å². The van der Waals surface area contributed by atoms with Crippen LogP contribution in [0.4, 0.5) is 5.69 Å². The number of nitrogens with zero attached hydrogens (tertiary/aromatic N) is 2. The number of benzene rings is 1. The monoisotopic (exact) mass is 305 g/mol. The Kier molecular flexibility index (Phi) is 4.59. The molecule has 112 valence electrons. The molecule has 0 saturated heterocycles. The van der Waals surface area contributed by atoms with Crippen LogP contribution in [0.5, 0.6) is 0 Å². The zero-order valence-electron chi connectivity index (χ0n) is 12.2. The Morgan fingerprint density at radius 2 is 2.00 bits per heavy atom. The molecule has 2 rings (SSSR count). The minimum Gasteiger partial charge on any atom is -0.399 e. The van der Waals surface area contributed by atoms with E-state index in [2.05, 4.69) is 4.98 Å². The third-order valence-electron chi connectivity index (χ3n) is 3.30. The van der Waals surface area contributed by atoms with Gasteiger partial charge in [0.05, 0.1) is 4.90 Å². The van der Waals surface area contributed by atoms with Gasteiger partial charge in [-0.15, -0.1) is 0 Å². The smallest absolute Gasteiger partial charge is 0.243 e. The van der Waals surface area contributed by atoms with Crippen LogP contribution in [0.3, 0.4) is 0 Å². The normalized spacial score (nSPS) is 11.8. The van der Waals surface area contributed by atoms with Gasteiger partial charge in [0.25, 0.3) is 0 Å². The van der Waals surface area contributed by atoms with E-state index in [4.69, 9.17) is 5.73 Å². The molecule has 0 aliphatic rings. The molecular formula is C15H19N3O2S. The van der Waals surface area contributed by atoms with Crippen molar-refractivity contribution in [3.63, 3.8) is 0 Å². The summed E-state index contributed by atoms with van der Waals surface area (Å²) < 4.78 is 26.4. The SMILES string of the molecule is Cc1cc(N)ccc1S(=O)(=O)N(C)CCc1ccccn1. The first-order chi connectivity index (χ1) is 9.91. The number of hydrogen-bond acceptors (Lipinski definition) is 4. The molecule has 0 atom stereocenters. The fraction of sp³-hybridized carbons (Fsp3) is 0.267. The molecule has 21 heavy (non-hydrogen) atoms. The molecule has 0 radical (unpaired) electrons. The molecule has 1 aromatic carbocycles. The highest BCUT2D eigenvalue weighted by molar-refractivity contribution is 7.89. The van der Waals surface area contributed by atoms with Gasteiger partial charge in [0, 0.05) is 37.6 Å². The van der Waals surface area contributed by atoms with Crippen LogP contribution in [-0.2, 0) is 16.4 Å². The van der Waals surface area contributed by atoms with Crippen molar-refractivity contribution in [2.75, 3.05) is 19.3 Å². The Labute approximate surface area is 125 Å². The lowest BCUT2D eigenvalue weighted by atomic mass is 10.2. The number of rotatable bonds is 5. The first-order valence-corrected chi connectivity index (χ1v) is 8.07. The molecule has 0 unspecified atom stereocenters. The number of likely N-dealkylation sites (N-methyl/N-ethyl adjacent to an activating group) is 1. The van der Waals surface area contributed by atoms with Crippen LogP contribution in [0, 0.1) is 6.92 Å². The second kappa shape index (κ2) is 6.24. The molecule has 0 spiro atoms. The van der Waals surface area contributed by atoms with Crippen molar-refractivity contribution >= 4 is 15.7 Å². The Morgan fingerprint density at radius 1 is 1.24 bits per heavy atom. The van der Waals surface area contributed by atoms with Crippen LogP contribution >= 0.6 is 0 Å². The quantitative estimate of drug-likeness (QED) is 0.855. The summed E-state index contributed by atoms with van der Waals surface area (Å²) in [5.74, 6) is 0. The van der Waals surface area contributed by atoms with Gasteiger partial charge in [0.2, 0.25) is 10.0 Å². The van der Waals surface area contributed by atoms with E-state index in [1.165, 1.54) is 4.31 Å². The third-order valence-corrected chi connectivity index (χ3v) is 5.31. The number of aryl methyl sites for hydroxylation is 1. The topological polar surface area (TPSA) is 76.3 Å². The number of aromatic nitrogens is 1. The van der Waals surface area contributed by atoms with E-state index < -0.39 is 10.0 Å². The molecule has 0 aliphatic carbocycles. The predicted molar refractivity (Wildman–Crippen MR) is 83.3 cm³/mol. The largest absolute Gasteiger partial charge is 0.399 e. The molecule has 0 fully saturated rings. The summed E-state index contributed by atoms with van der Waals surface area (Å²) in [6.07, 6.45) is 2.28. The van der Waals surface area contributed by atoms with Crippen LogP contribution in [0.2, 0.25) is 0 Å². The molecule has 0 amide bonds. The molecule has 2 N–H and O–H groups in total. The summed E-state index contributed by atoms with van der Waals surface area (Å²) in [7, 11) is -1.93. The highest BCUT2D eigenvalue weighted by Gasteiger charge is 2.22. The van der Waals surface area contributed by atoms with Crippen molar-refractivity contribution in [1.82, 2.24) is 9.29 Å². The lowest BCUT2D eigenvalue weighted by Gasteiger charge is -2.18. The maximum absolute atomic E-state index is 12.6. The average molecular weight is 305 g/mol. The summed E-state index contributed by atoms with van der Waals surface area (Å²) in [6, 6.07) is 10.4. The Hall–Kier alpha value is -1.92. The number of sulfonamides is 1. The minimum absolute atomic E-state index is 0.292. The van der Waals surface area contributed by atoms with E-state index in [1.807, 2.05) is 18.2 Å². The van der Waals surface area contributed by atoms with Gasteiger partial charge in [0.1, 0.15) is 0 Å². The second-order valence-electron chi connectivity index (χ2n) is 4.92. The number of nitrogens with two attached hydrogens (primary N) is 1. The molecular weight excluding hydrogens is 286 g/mol. The fourth-order valence-electron chi connectivity index (χ4n) is 2.07. The van der Waals surface area contributed by atoms with Crippen molar-refractivity contribution in [3.05, 3.63) is 53.9 Å². The molecule has 0 bridgehead atoms. The Balaban J connectivity index is 2.15. The van der Waals surface area contributed by atoms with Gasteiger partial charge in [0.15, 0.2) is 0 Å². The van der Waals surface area contributed by atoms with E-state index in [1.54, 1.807) is 38.4 Å². The van der Waals surface area contributed by atoms with E-state index in [0.717, 1.165) is 5.69 Å². The minimum atomic E-state index is -3.51. The molecule has 5 nitrogen and oxygen atoms in total. The van der Waals surface area contributed by atoms with Gasteiger partial charge >= 0.3 is 0 Å². The van der Waals surface area contributed by atoms with E-state index >= 15 is 0 Å². The van der Waals surface area contributed by atoms with Crippen molar-refractivity contribution in [1.29, 1.82) is 0 Å². The maximum atomic E-state index is 12.6. The predicted octanol–water partition coefficient (Wildman–Crippen LogP) is 1.84. The van der Waals surface area contributed by atoms with Gasteiger partial charge in [-0.1, -0.05) is 6.07 Å². The van der Waals surface area contributed by atoms with Crippen molar-refractivity contribution < 1.29 is 8.42 Å². The standard InChI is InChI=1S/C15H19N3O2S/c1-12-11-13(16)6-7-15(12)21(19,20)18(2)10-8-14-5-3-4-9-17-14/h3-7,9,11H,8,10,16H2,1-2H3. The van der Waals surface area contributed by atoms with Gasteiger partial charge in [-0.3, -0.25) is 4.98 Å². The van der Waals surface area contributed by atoms with E-state index in [-0.39, 0.29) is 0 Å². The highest BCUT2D eigenvalue weighted by Crippen LogP contribution is 2.21. The second-order valence-corrected chi connectivity index (χ2v) is 6.94. The summed E-state index contributed by atoms with van der Waals surface area (Å²) in [5, 5.41) is 0. The van der Waals surface area contributed by atoms with Crippen LogP contribution in [0.25, 0.3) is 0 Å². The van der Waals surface area contributed by atoms with E-state index in [0.29, 0.717) is 29.1 Å². The number of pyridine rings is 1. The first-order valence-electron chi connectivity index (χ1n) is 6.63. The number of anilines is 1. The van der Waals surface area contributed by atoms with Crippen molar-refractivity contribution in [2.24, 2.45) is 0 Å². The number of nitrogen functional groups attached to an aromatic ring is 1. The maximum Gasteiger partial charge on any atom is 0.243 e. The third kappa shape index (κ3) is 3.59. The Bertz CT molecular complexity index is 715. The fourth-order valence-corrected chi connectivity index (χ4v) is 3.44. The first kappa shape index (κ1) is 15.5. The summed E-state index contributed by atoms with van der Waals surface area (Å²) in [6.45, 7) is 2.12. The highest BCUT2D eigenvalue weighted by atomic mass is 32.2. The molecule has 6 heteroatoms. The van der Waals surface area contributed by atoms with Gasteiger partial charge < -0.3 is 5.73 Å². The summed E-state index contributed by atoms with van der Waals surface area (Å²) in [5.41, 5.74) is 7.74. The van der Waals surface area contributed by atoms with Crippen molar-refractivity contribution in [3.8, 4) is 0 Å².